The number of carbonyl (C=O) groups excluding carboxylic acids is 4. The van der Waals surface area contributed by atoms with Crippen LogP contribution in [0, 0.1) is 17.8 Å². The van der Waals surface area contributed by atoms with Gasteiger partial charge < -0.3 is 34.4 Å². The number of H-pyrrole nitrogens is 1. The molecule has 8 bridgehead atoms. The first-order chi connectivity index (χ1) is 31.4. The molecule has 0 amide bonds. The van der Waals surface area contributed by atoms with E-state index in [0.29, 0.717) is 42.1 Å². The summed E-state index contributed by atoms with van der Waals surface area (Å²) in [5.41, 5.74) is 10.1. The molecule has 1 aromatic heterocycles. The maximum absolute atomic E-state index is 14.0. The summed E-state index contributed by atoms with van der Waals surface area (Å²) < 4.78 is 22.5. The van der Waals surface area contributed by atoms with Gasteiger partial charge in [-0.2, -0.15) is 0 Å². The number of nitrogens with one attached hydrogen (secondary N) is 2. The monoisotopic (exact) mass is 880 g/mol. The zero-order valence-corrected chi connectivity index (χ0v) is 37.7. The number of phenolic OH excluding ortho intramolecular Hbond substituents is 1. The zero-order chi connectivity index (χ0) is 45.9. The van der Waals surface area contributed by atoms with Crippen molar-refractivity contribution in [2.24, 2.45) is 27.7 Å². The first-order valence-electron chi connectivity index (χ1n) is 22.4. The number of methoxy groups -OCH3 is 3. The Bertz CT molecular complexity index is 2640. The fraction of sp³-hybridized carbons (Fsp3) is 0.385. The van der Waals surface area contributed by atoms with Crippen LogP contribution in [0.2, 0.25) is 0 Å². The molecule has 0 spiro atoms. The van der Waals surface area contributed by atoms with Crippen LogP contribution in [0.15, 0.2) is 93.3 Å². The van der Waals surface area contributed by atoms with E-state index in [0.717, 1.165) is 64.7 Å². The number of hydrogen-bond acceptors (Lipinski definition) is 12. The van der Waals surface area contributed by atoms with Crippen molar-refractivity contribution in [2.45, 2.75) is 90.2 Å². The number of fused-ring (bicyclic) bond motifs is 6. The molecule has 3 aromatic rings. The number of esters is 1. The number of ether oxygens (including phenoxy) is 4. The molecule has 4 aliphatic heterocycles. The van der Waals surface area contributed by atoms with Crippen molar-refractivity contribution >= 4 is 53.0 Å². The van der Waals surface area contributed by atoms with E-state index in [-0.39, 0.29) is 59.5 Å². The van der Waals surface area contributed by atoms with E-state index >= 15 is 0 Å². The van der Waals surface area contributed by atoms with Crippen LogP contribution in [0.1, 0.15) is 99.7 Å². The predicted molar refractivity (Wildman–Crippen MR) is 249 cm³/mol. The van der Waals surface area contributed by atoms with Crippen molar-refractivity contribution < 1.29 is 43.2 Å². The van der Waals surface area contributed by atoms with Gasteiger partial charge in [0.15, 0.2) is 40.3 Å². The Hall–Kier alpha value is -6.60. The van der Waals surface area contributed by atoms with Crippen LogP contribution in [-0.4, -0.2) is 78.3 Å². The summed E-state index contributed by atoms with van der Waals surface area (Å²) in [6.07, 6.45) is 13.4. The largest absolute Gasteiger partial charge is 0.504 e. The fourth-order valence-corrected chi connectivity index (χ4v) is 9.61. The summed E-state index contributed by atoms with van der Waals surface area (Å²) >= 11 is 0. The summed E-state index contributed by atoms with van der Waals surface area (Å²) in [5, 5.41) is 13.5. The van der Waals surface area contributed by atoms with Crippen LogP contribution in [0.3, 0.4) is 0 Å². The van der Waals surface area contributed by atoms with Gasteiger partial charge in [0.05, 0.1) is 38.3 Å². The van der Waals surface area contributed by atoms with Crippen LogP contribution >= 0.6 is 0 Å². The molecule has 1 aliphatic carbocycles. The van der Waals surface area contributed by atoms with E-state index in [2.05, 4.69) is 49.3 Å². The third-order valence-electron chi connectivity index (χ3n) is 13.2. The zero-order valence-electron chi connectivity index (χ0n) is 37.7. The summed E-state index contributed by atoms with van der Waals surface area (Å²) in [4.78, 5) is 67.1. The average Bonchev–Trinajstić information content (AvgIpc) is 4.14. The lowest BCUT2D eigenvalue weighted by atomic mass is 9.86. The number of nitrogens with zero attached hydrogens (tertiary/aromatic N) is 2. The van der Waals surface area contributed by atoms with Crippen LogP contribution in [0.5, 0.6) is 23.0 Å². The van der Waals surface area contributed by atoms with E-state index in [1.54, 1.807) is 49.6 Å². The molecule has 6 unspecified atom stereocenters. The molecule has 8 rings (SSSR count). The highest BCUT2D eigenvalue weighted by Gasteiger charge is 2.49. The number of allylic oxidation sites excluding steroid dienone is 6. The molecule has 1 saturated heterocycles. The molecule has 0 saturated carbocycles. The van der Waals surface area contributed by atoms with Crippen molar-refractivity contribution in [1.82, 2.24) is 10.3 Å². The quantitative estimate of drug-likeness (QED) is 0.0581. The second-order valence-electron chi connectivity index (χ2n) is 17.3. The van der Waals surface area contributed by atoms with E-state index in [1.807, 2.05) is 0 Å². The third-order valence-corrected chi connectivity index (χ3v) is 13.2. The number of aromatic hydroxyl groups is 1. The average molecular weight is 881 g/mol. The number of aliphatic imine (C=N–C) groups is 2. The summed E-state index contributed by atoms with van der Waals surface area (Å²) in [6.45, 7) is 6.56. The lowest BCUT2D eigenvalue weighted by Gasteiger charge is -2.19. The van der Waals surface area contributed by atoms with Crippen molar-refractivity contribution in [2.75, 3.05) is 21.3 Å². The van der Waals surface area contributed by atoms with Gasteiger partial charge in [-0.3, -0.25) is 29.2 Å². The normalized spacial score (nSPS) is 25.0. The standard InChI is InChI=1S/C52H56N4O9/c1-7-31-21-34-25-42-32(8-2)22-39(55-42)28(3)40-23-33(49(56-40)48-50-38(51(61)52(48)64-6)24-35(54-50)26-41(31)53-34)13-18-47(60)65-44-17-12-30(20-46(44)63-5)10-15-37(58)27-36(57)14-9-29-11-16-43(59)45(19-29)62-4/h9-12,14-17,19-20,22,25-26,28,31,33,38,40,52-53,55,59H,7-8,13,18,21,23-24,27H2,1-6H3/b14-9+,15-10+,34-25-,41-26-. The maximum atomic E-state index is 14.0. The Morgan fingerprint density at radius 1 is 0.892 bits per heavy atom. The Kier molecular flexibility index (Phi) is 13.3. The second kappa shape index (κ2) is 19.2. The van der Waals surface area contributed by atoms with Crippen LogP contribution in [-0.2, 0) is 30.3 Å². The topological polar surface area (TPSA) is 178 Å². The Labute approximate surface area is 379 Å². The lowest BCUT2D eigenvalue weighted by molar-refractivity contribution is -0.134. The Morgan fingerprint density at radius 2 is 1.62 bits per heavy atom. The van der Waals surface area contributed by atoms with Gasteiger partial charge in [0, 0.05) is 77.5 Å². The third kappa shape index (κ3) is 9.47. The van der Waals surface area contributed by atoms with Gasteiger partial charge in [0.25, 0.3) is 0 Å². The van der Waals surface area contributed by atoms with Gasteiger partial charge in [-0.1, -0.05) is 45.1 Å². The minimum atomic E-state index is -0.786. The van der Waals surface area contributed by atoms with Gasteiger partial charge in [0.1, 0.15) is 6.10 Å². The number of rotatable bonds is 15. The van der Waals surface area contributed by atoms with Crippen LogP contribution in [0.25, 0.3) is 18.2 Å². The fourth-order valence-electron chi connectivity index (χ4n) is 9.61. The highest BCUT2D eigenvalue weighted by atomic mass is 16.6. The van der Waals surface area contributed by atoms with Crippen molar-refractivity contribution in [3.05, 3.63) is 111 Å². The molecule has 65 heavy (non-hydrogen) atoms. The highest BCUT2D eigenvalue weighted by Crippen LogP contribution is 2.46. The van der Waals surface area contributed by atoms with E-state index in [4.69, 9.17) is 28.9 Å². The minimum Gasteiger partial charge on any atom is -0.504 e. The van der Waals surface area contributed by atoms with E-state index < -0.39 is 23.8 Å². The molecule has 338 valence electrons. The number of hydrogen-bond donors (Lipinski definition) is 3. The summed E-state index contributed by atoms with van der Waals surface area (Å²) in [7, 11) is 4.46. The molecule has 2 aromatic carbocycles. The first kappa shape index (κ1) is 45.0. The minimum absolute atomic E-state index is 0.00855. The van der Waals surface area contributed by atoms with Gasteiger partial charge in [0.2, 0.25) is 0 Å². The maximum Gasteiger partial charge on any atom is 0.311 e. The van der Waals surface area contributed by atoms with Crippen molar-refractivity contribution in [1.29, 1.82) is 0 Å². The van der Waals surface area contributed by atoms with Gasteiger partial charge >= 0.3 is 5.97 Å². The number of phenols is 1. The SMILES string of the molecule is CCc1cc2[nH]c1/C=C1/CC(CC)/C(=C/C3=NC4=C(C5=NC(CC5CCC(=O)Oc5ccc(/C=C/C(=O)CC(=O)/C=C/c6ccc(O)c(OC)c6)cc5OC)C2C)C(OC)C(=O)C4C3)N1. The molecule has 3 N–H and O–H groups in total. The Morgan fingerprint density at radius 3 is 2.31 bits per heavy atom. The lowest BCUT2D eigenvalue weighted by Crippen LogP contribution is -2.29. The molecule has 5 aliphatic rings. The number of carbonyl (C=O) groups is 4. The van der Waals surface area contributed by atoms with Crippen molar-refractivity contribution in [3.63, 3.8) is 0 Å². The molecule has 6 atom stereocenters. The van der Waals surface area contributed by atoms with Crippen LogP contribution < -0.4 is 19.5 Å². The number of benzene rings is 2. The number of aryl methyl sites for hydroxylation is 1. The van der Waals surface area contributed by atoms with E-state index in [9.17, 15) is 24.3 Å². The molecule has 1 fully saturated rings. The number of ketones is 3. The summed E-state index contributed by atoms with van der Waals surface area (Å²) in [5.74, 6) is -0.684. The number of Topliss-reactive ketones (excluding diaryl/α,β-unsaturated/α-hetero) is 1. The first-order valence-corrected chi connectivity index (χ1v) is 22.4. The smallest absolute Gasteiger partial charge is 0.311 e. The molecular formula is C52H56N4O9. The Balaban J connectivity index is 0.980. The number of aromatic nitrogens is 1. The molecule has 13 nitrogen and oxygen atoms in total. The van der Waals surface area contributed by atoms with Crippen LogP contribution in [0.4, 0.5) is 0 Å². The molecule has 5 heterocycles. The molecular weight excluding hydrogens is 825 g/mol. The second-order valence-corrected chi connectivity index (χ2v) is 17.3. The van der Waals surface area contributed by atoms with Gasteiger partial charge in [-0.15, -0.1) is 0 Å². The number of aromatic amines is 1. The van der Waals surface area contributed by atoms with E-state index in [1.165, 1.54) is 38.0 Å². The molecule has 0 radical (unpaired) electrons. The summed E-state index contributed by atoms with van der Waals surface area (Å²) in [6, 6.07) is 11.8. The van der Waals surface area contributed by atoms with Gasteiger partial charge in [-0.05, 0) is 103 Å². The van der Waals surface area contributed by atoms with Gasteiger partial charge in [-0.25, -0.2) is 0 Å². The molecule has 13 heteroatoms. The highest BCUT2D eigenvalue weighted by molar-refractivity contribution is 6.17. The van der Waals surface area contributed by atoms with Crippen molar-refractivity contribution in [3.8, 4) is 23.0 Å². The predicted octanol–water partition coefficient (Wildman–Crippen LogP) is 8.44.